The number of amides is 1. The Morgan fingerprint density at radius 3 is 2.19 bits per heavy atom. The van der Waals surface area contributed by atoms with Crippen molar-refractivity contribution in [2.45, 2.75) is 78.2 Å². The van der Waals surface area contributed by atoms with Crippen molar-refractivity contribution in [1.82, 2.24) is 14.9 Å². The van der Waals surface area contributed by atoms with E-state index in [-0.39, 0.29) is 16.9 Å². The van der Waals surface area contributed by atoms with Crippen LogP contribution in [-0.4, -0.2) is 63.6 Å². The van der Waals surface area contributed by atoms with Gasteiger partial charge in [-0.1, -0.05) is 26.0 Å². The van der Waals surface area contributed by atoms with Gasteiger partial charge in [0.05, 0.1) is 28.2 Å². The standard InChI is InChI=1S/C34H41N5O3/c1-20-21(2)30(35-22(3)28(20)32(41)42)37-16-17-39(34(6,7)19-37)31(40)26-14-15-27-29(36-26)33(4,5)18-38(27)25-12-10-24(11-13-25)23-8-9-23/h10-15,23H,8-9,16-19H2,1-7H3,(H,41,42). The lowest BCUT2D eigenvalue weighted by Crippen LogP contribution is -2.61. The molecule has 2 aliphatic heterocycles. The quantitative estimate of drug-likeness (QED) is 0.396. The van der Waals surface area contributed by atoms with Crippen molar-refractivity contribution < 1.29 is 14.7 Å². The number of carboxylic acid groups (broad SMARTS) is 1. The highest BCUT2D eigenvalue weighted by molar-refractivity contribution is 5.94. The minimum absolute atomic E-state index is 0.0660. The van der Waals surface area contributed by atoms with E-state index in [1.165, 1.54) is 18.4 Å². The molecule has 1 N–H and O–H groups in total. The van der Waals surface area contributed by atoms with Gasteiger partial charge in [0.1, 0.15) is 11.5 Å². The highest BCUT2D eigenvalue weighted by atomic mass is 16.4. The molecule has 1 saturated heterocycles. The number of aromatic carboxylic acids is 1. The number of carbonyl (C=O) groups excluding carboxylic acids is 1. The zero-order valence-corrected chi connectivity index (χ0v) is 25.8. The van der Waals surface area contributed by atoms with Crippen LogP contribution in [0.5, 0.6) is 0 Å². The largest absolute Gasteiger partial charge is 0.478 e. The average Bonchev–Trinajstić information content (AvgIpc) is 3.74. The van der Waals surface area contributed by atoms with Crippen LogP contribution in [0.4, 0.5) is 17.2 Å². The number of carboxylic acids is 1. The molecule has 8 heteroatoms. The molecule has 4 heterocycles. The molecule has 0 unspecified atom stereocenters. The highest BCUT2D eigenvalue weighted by Gasteiger charge is 2.41. The van der Waals surface area contributed by atoms with Gasteiger partial charge in [-0.2, -0.15) is 0 Å². The van der Waals surface area contributed by atoms with E-state index in [4.69, 9.17) is 9.97 Å². The SMILES string of the molecule is Cc1nc(N2CCN(C(=O)c3ccc4c(n3)C(C)(C)CN4c3ccc(C4CC4)cc3)C(C)(C)C2)c(C)c(C)c1C(=O)O. The lowest BCUT2D eigenvalue weighted by atomic mass is 9.91. The first kappa shape index (κ1) is 28.2. The number of hydrogen-bond acceptors (Lipinski definition) is 6. The van der Waals surface area contributed by atoms with Gasteiger partial charge in [0.2, 0.25) is 0 Å². The molecule has 2 aromatic heterocycles. The van der Waals surface area contributed by atoms with E-state index in [9.17, 15) is 14.7 Å². The van der Waals surface area contributed by atoms with Crippen molar-refractivity contribution in [1.29, 1.82) is 0 Å². The van der Waals surface area contributed by atoms with Crippen molar-refractivity contribution in [3.05, 3.63) is 75.7 Å². The Kier molecular flexibility index (Phi) is 6.59. The lowest BCUT2D eigenvalue weighted by Gasteiger charge is -2.47. The van der Waals surface area contributed by atoms with Crippen LogP contribution in [0.1, 0.15) is 95.4 Å². The van der Waals surface area contributed by atoms with E-state index in [2.05, 4.69) is 67.8 Å². The number of fused-ring (bicyclic) bond motifs is 1. The zero-order valence-electron chi connectivity index (χ0n) is 25.8. The van der Waals surface area contributed by atoms with Crippen LogP contribution < -0.4 is 9.80 Å². The Morgan fingerprint density at radius 1 is 0.881 bits per heavy atom. The van der Waals surface area contributed by atoms with Gasteiger partial charge < -0.3 is 19.8 Å². The normalized spacial score (nSPS) is 19.2. The first-order valence-corrected chi connectivity index (χ1v) is 15.0. The number of benzene rings is 1. The van der Waals surface area contributed by atoms with Gasteiger partial charge in [-0.15, -0.1) is 0 Å². The number of aryl methyl sites for hydroxylation is 1. The number of piperazine rings is 1. The van der Waals surface area contributed by atoms with Crippen LogP contribution in [0.25, 0.3) is 0 Å². The summed E-state index contributed by atoms with van der Waals surface area (Å²) < 4.78 is 0. The van der Waals surface area contributed by atoms with Gasteiger partial charge in [-0.05, 0) is 94.3 Å². The van der Waals surface area contributed by atoms with Crippen LogP contribution in [-0.2, 0) is 5.41 Å². The predicted molar refractivity (Wildman–Crippen MR) is 165 cm³/mol. The molecule has 0 radical (unpaired) electrons. The Morgan fingerprint density at radius 2 is 1.57 bits per heavy atom. The van der Waals surface area contributed by atoms with Crippen molar-refractivity contribution in [2.75, 3.05) is 36.0 Å². The maximum Gasteiger partial charge on any atom is 0.337 e. The van der Waals surface area contributed by atoms with Crippen molar-refractivity contribution in [3.63, 3.8) is 0 Å². The molecule has 220 valence electrons. The molecule has 1 saturated carbocycles. The third-order valence-electron chi connectivity index (χ3n) is 9.40. The van der Waals surface area contributed by atoms with Crippen LogP contribution in [0.2, 0.25) is 0 Å². The fourth-order valence-electron chi connectivity index (χ4n) is 6.81. The maximum absolute atomic E-state index is 14.0. The van der Waals surface area contributed by atoms with Crippen molar-refractivity contribution >= 4 is 29.1 Å². The third kappa shape index (κ3) is 4.71. The molecular formula is C34H41N5O3. The minimum Gasteiger partial charge on any atom is -0.478 e. The minimum atomic E-state index is -0.956. The summed E-state index contributed by atoms with van der Waals surface area (Å²) in [7, 11) is 0. The Balaban J connectivity index is 1.24. The van der Waals surface area contributed by atoms with Gasteiger partial charge >= 0.3 is 5.97 Å². The second kappa shape index (κ2) is 9.82. The second-order valence-electron chi connectivity index (χ2n) is 13.5. The Hall–Kier alpha value is -3.94. The zero-order chi connectivity index (χ0) is 30.1. The van der Waals surface area contributed by atoms with E-state index in [1.54, 1.807) is 6.92 Å². The van der Waals surface area contributed by atoms with Gasteiger partial charge in [0.15, 0.2) is 0 Å². The first-order chi connectivity index (χ1) is 19.8. The summed E-state index contributed by atoms with van der Waals surface area (Å²) in [5.41, 5.74) is 6.78. The molecule has 3 aromatic rings. The van der Waals surface area contributed by atoms with Gasteiger partial charge in [0, 0.05) is 37.3 Å². The van der Waals surface area contributed by atoms with Gasteiger partial charge in [-0.3, -0.25) is 4.79 Å². The predicted octanol–water partition coefficient (Wildman–Crippen LogP) is 6.15. The highest BCUT2D eigenvalue weighted by Crippen LogP contribution is 2.45. The molecule has 1 aliphatic carbocycles. The van der Waals surface area contributed by atoms with Crippen molar-refractivity contribution in [2.24, 2.45) is 0 Å². The monoisotopic (exact) mass is 567 g/mol. The fourth-order valence-corrected chi connectivity index (χ4v) is 6.81. The summed E-state index contributed by atoms with van der Waals surface area (Å²) in [5.74, 6) is 0.498. The molecule has 8 nitrogen and oxygen atoms in total. The Bertz CT molecular complexity index is 1590. The van der Waals surface area contributed by atoms with Gasteiger partial charge in [-0.25, -0.2) is 14.8 Å². The number of carbonyl (C=O) groups is 2. The number of aromatic nitrogens is 2. The number of anilines is 3. The summed E-state index contributed by atoms with van der Waals surface area (Å²) in [6.07, 6.45) is 2.59. The second-order valence-corrected chi connectivity index (χ2v) is 13.5. The van der Waals surface area contributed by atoms with Crippen LogP contribution in [0, 0.1) is 20.8 Å². The van der Waals surface area contributed by atoms with Crippen molar-refractivity contribution in [3.8, 4) is 0 Å². The molecule has 42 heavy (non-hydrogen) atoms. The Labute approximate surface area is 248 Å². The number of rotatable bonds is 5. The molecule has 1 aromatic carbocycles. The van der Waals surface area contributed by atoms with E-state index >= 15 is 0 Å². The summed E-state index contributed by atoms with van der Waals surface area (Å²) in [5, 5.41) is 9.65. The van der Waals surface area contributed by atoms with E-state index < -0.39 is 11.5 Å². The van der Waals surface area contributed by atoms with E-state index in [1.807, 2.05) is 24.8 Å². The molecule has 0 bridgehead atoms. The third-order valence-corrected chi connectivity index (χ3v) is 9.40. The van der Waals surface area contributed by atoms with Crippen LogP contribution in [0.3, 0.4) is 0 Å². The number of nitrogens with zero attached hydrogens (tertiary/aromatic N) is 5. The van der Waals surface area contributed by atoms with E-state index in [0.717, 1.165) is 46.5 Å². The first-order valence-electron chi connectivity index (χ1n) is 15.0. The van der Waals surface area contributed by atoms with Gasteiger partial charge in [0.25, 0.3) is 5.91 Å². The smallest absolute Gasteiger partial charge is 0.337 e. The average molecular weight is 568 g/mol. The fraction of sp³-hybridized carbons (Fsp3) is 0.471. The molecule has 2 fully saturated rings. The number of hydrogen-bond donors (Lipinski definition) is 1. The molecule has 0 atom stereocenters. The van der Waals surface area contributed by atoms with Crippen LogP contribution in [0.15, 0.2) is 36.4 Å². The summed E-state index contributed by atoms with van der Waals surface area (Å²) in [6, 6.07) is 12.9. The molecule has 0 spiro atoms. The summed E-state index contributed by atoms with van der Waals surface area (Å²) in [6.45, 7) is 16.6. The maximum atomic E-state index is 14.0. The molecule has 1 amide bonds. The summed E-state index contributed by atoms with van der Waals surface area (Å²) in [4.78, 5) is 41.9. The molecule has 6 rings (SSSR count). The molecular weight excluding hydrogens is 526 g/mol. The topological polar surface area (TPSA) is 89.9 Å². The lowest BCUT2D eigenvalue weighted by molar-refractivity contribution is 0.0506. The summed E-state index contributed by atoms with van der Waals surface area (Å²) >= 11 is 0. The van der Waals surface area contributed by atoms with Crippen LogP contribution >= 0.6 is 0 Å². The number of pyridine rings is 2. The molecule has 3 aliphatic rings. The van der Waals surface area contributed by atoms with E-state index in [0.29, 0.717) is 31.0 Å².